The molecule has 0 aromatic rings. The summed E-state index contributed by atoms with van der Waals surface area (Å²) in [5.41, 5.74) is 5.27. The van der Waals surface area contributed by atoms with Crippen molar-refractivity contribution in [2.24, 2.45) is 5.73 Å². The first kappa shape index (κ1) is 13.7. The van der Waals surface area contributed by atoms with Crippen LogP contribution < -0.4 is 5.73 Å². The number of alkyl halides is 2. The van der Waals surface area contributed by atoms with E-state index in [1.165, 1.54) is 4.90 Å². The summed E-state index contributed by atoms with van der Waals surface area (Å²) in [5.74, 6) is 0. The van der Waals surface area contributed by atoms with Crippen molar-refractivity contribution in [1.82, 2.24) is 4.90 Å². The lowest BCUT2D eigenvalue weighted by molar-refractivity contribution is 0.0781. The fourth-order valence-electron chi connectivity index (χ4n) is 1.11. The van der Waals surface area contributed by atoms with Crippen LogP contribution in [0.5, 0.6) is 0 Å². The third-order valence-electron chi connectivity index (χ3n) is 1.71. The molecule has 0 rings (SSSR count). The lowest BCUT2D eigenvalue weighted by atomic mass is 10.3. The molecule has 0 aliphatic rings. The van der Waals surface area contributed by atoms with Crippen LogP contribution in [-0.2, 0) is 0 Å². The van der Waals surface area contributed by atoms with Crippen LogP contribution in [0.4, 0.5) is 8.78 Å². The molecule has 0 heterocycles. The summed E-state index contributed by atoms with van der Waals surface area (Å²) in [6.45, 7) is 0.335. The van der Waals surface area contributed by atoms with E-state index in [1.807, 2.05) is 0 Å². The van der Waals surface area contributed by atoms with E-state index in [0.717, 1.165) is 0 Å². The van der Waals surface area contributed by atoms with Gasteiger partial charge in [-0.15, -0.1) is 0 Å². The summed E-state index contributed by atoms with van der Waals surface area (Å²) >= 11 is 4.66. The lowest BCUT2D eigenvalue weighted by Crippen LogP contribution is -2.33. The van der Waals surface area contributed by atoms with E-state index in [0.29, 0.717) is 24.4 Å². The number of nitrogens with zero attached hydrogens (tertiary/aromatic N) is 1. The highest BCUT2D eigenvalue weighted by Gasteiger charge is 2.10. The van der Waals surface area contributed by atoms with Crippen molar-refractivity contribution in [3.8, 4) is 0 Å². The lowest BCUT2D eigenvalue weighted by Gasteiger charge is -2.20. The molecule has 0 amide bonds. The minimum Gasteiger partial charge on any atom is -0.395 e. The molecular formula is C8H16F2N2OS. The second-order valence-electron chi connectivity index (χ2n) is 2.99. The fraction of sp³-hybridized carbons (Fsp3) is 0.875. The average Bonchev–Trinajstić information content (AvgIpc) is 2.02. The zero-order chi connectivity index (χ0) is 11.0. The number of aliphatic hydroxyl groups is 1. The highest BCUT2D eigenvalue weighted by atomic mass is 32.1. The first-order chi connectivity index (χ1) is 6.56. The van der Waals surface area contributed by atoms with E-state index in [1.54, 1.807) is 0 Å². The average molecular weight is 226 g/mol. The Morgan fingerprint density at radius 1 is 1.43 bits per heavy atom. The second-order valence-corrected chi connectivity index (χ2v) is 3.51. The largest absolute Gasteiger partial charge is 0.395 e. The first-order valence-electron chi connectivity index (χ1n) is 4.46. The van der Waals surface area contributed by atoms with Gasteiger partial charge in [0, 0.05) is 6.54 Å². The Bertz CT molecular complexity index is 169. The van der Waals surface area contributed by atoms with Gasteiger partial charge in [0.25, 0.3) is 6.43 Å². The van der Waals surface area contributed by atoms with Crippen molar-refractivity contribution in [2.75, 3.05) is 26.2 Å². The number of hydrogen-bond donors (Lipinski definition) is 2. The zero-order valence-electron chi connectivity index (χ0n) is 7.96. The van der Waals surface area contributed by atoms with Gasteiger partial charge in [0.1, 0.15) is 0 Å². The summed E-state index contributed by atoms with van der Waals surface area (Å²) in [4.78, 5) is 1.90. The molecule has 84 valence electrons. The molecule has 0 atom stereocenters. The molecule has 0 saturated heterocycles. The van der Waals surface area contributed by atoms with Crippen LogP contribution in [-0.4, -0.2) is 47.7 Å². The minimum absolute atomic E-state index is 0.111. The van der Waals surface area contributed by atoms with Gasteiger partial charge in [-0.1, -0.05) is 12.2 Å². The van der Waals surface area contributed by atoms with Gasteiger partial charge in [-0.25, -0.2) is 8.78 Å². The monoisotopic (exact) mass is 226 g/mol. The van der Waals surface area contributed by atoms with E-state index in [-0.39, 0.29) is 19.7 Å². The Balaban J connectivity index is 3.66. The molecule has 6 heteroatoms. The van der Waals surface area contributed by atoms with Crippen LogP contribution >= 0.6 is 12.2 Å². The van der Waals surface area contributed by atoms with Gasteiger partial charge in [-0.2, -0.15) is 0 Å². The first-order valence-corrected chi connectivity index (χ1v) is 4.86. The molecule has 0 aromatic heterocycles. The van der Waals surface area contributed by atoms with Gasteiger partial charge in [0.15, 0.2) is 0 Å². The van der Waals surface area contributed by atoms with E-state index in [9.17, 15) is 8.78 Å². The summed E-state index contributed by atoms with van der Waals surface area (Å²) in [6, 6.07) is 0. The molecule has 0 fully saturated rings. The van der Waals surface area contributed by atoms with E-state index < -0.39 is 6.43 Å². The molecule has 0 radical (unpaired) electrons. The van der Waals surface area contributed by atoms with Gasteiger partial charge in [-0.3, -0.25) is 4.90 Å². The third kappa shape index (κ3) is 8.28. The Labute approximate surface area is 87.9 Å². The number of rotatable bonds is 8. The molecule has 0 spiro atoms. The maximum atomic E-state index is 12.0. The van der Waals surface area contributed by atoms with Crippen molar-refractivity contribution >= 4 is 17.2 Å². The van der Waals surface area contributed by atoms with Crippen molar-refractivity contribution in [1.29, 1.82) is 0 Å². The van der Waals surface area contributed by atoms with Crippen LogP contribution in [0.3, 0.4) is 0 Å². The van der Waals surface area contributed by atoms with Gasteiger partial charge < -0.3 is 10.8 Å². The smallest absolute Gasteiger partial charge is 0.251 e. The normalized spacial score (nSPS) is 11.2. The Morgan fingerprint density at radius 2 is 2.07 bits per heavy atom. The second kappa shape index (κ2) is 8.02. The molecule has 3 N–H and O–H groups in total. The highest BCUT2D eigenvalue weighted by molar-refractivity contribution is 7.80. The van der Waals surface area contributed by atoms with Crippen molar-refractivity contribution in [2.45, 2.75) is 19.3 Å². The van der Waals surface area contributed by atoms with Gasteiger partial charge in [-0.05, 0) is 19.4 Å². The Morgan fingerprint density at radius 3 is 2.50 bits per heavy atom. The number of hydrogen-bond acceptors (Lipinski definition) is 3. The summed E-state index contributed by atoms with van der Waals surface area (Å²) in [5, 5.41) is 8.62. The van der Waals surface area contributed by atoms with Gasteiger partial charge in [0.2, 0.25) is 0 Å². The van der Waals surface area contributed by atoms with Gasteiger partial charge in [0.05, 0.1) is 18.1 Å². The number of nitrogens with two attached hydrogens (primary N) is 1. The predicted molar refractivity (Wildman–Crippen MR) is 55.5 cm³/mol. The summed E-state index contributed by atoms with van der Waals surface area (Å²) < 4.78 is 24.0. The fourth-order valence-corrected chi connectivity index (χ4v) is 1.25. The van der Waals surface area contributed by atoms with Crippen molar-refractivity contribution in [3.05, 3.63) is 0 Å². The minimum atomic E-state index is -2.37. The van der Waals surface area contributed by atoms with Crippen LogP contribution in [0.25, 0.3) is 0 Å². The molecular weight excluding hydrogens is 210 g/mol. The van der Waals surface area contributed by atoms with Gasteiger partial charge >= 0.3 is 0 Å². The number of halogens is 2. The number of aliphatic hydroxyl groups excluding tert-OH is 1. The Hall–Kier alpha value is -0.330. The molecule has 14 heavy (non-hydrogen) atoms. The molecule has 3 nitrogen and oxygen atoms in total. The van der Waals surface area contributed by atoms with Crippen LogP contribution in [0.2, 0.25) is 0 Å². The standard InChI is InChI=1S/C8H16F2N2OS/c9-7(10)6-12(4-5-13)3-1-2-8(11)14/h7,13H,1-6H2,(H2,11,14). The van der Waals surface area contributed by atoms with E-state index >= 15 is 0 Å². The maximum absolute atomic E-state index is 12.0. The molecule has 0 saturated carbocycles. The molecule has 0 bridgehead atoms. The number of thiocarbonyl (C=S) groups is 1. The topological polar surface area (TPSA) is 49.5 Å². The Kier molecular flexibility index (Phi) is 7.83. The van der Waals surface area contributed by atoms with Crippen LogP contribution in [0.1, 0.15) is 12.8 Å². The van der Waals surface area contributed by atoms with Crippen molar-refractivity contribution < 1.29 is 13.9 Å². The summed E-state index contributed by atoms with van der Waals surface area (Å²) in [6.07, 6.45) is -1.16. The van der Waals surface area contributed by atoms with E-state index in [2.05, 4.69) is 12.2 Å². The highest BCUT2D eigenvalue weighted by Crippen LogP contribution is 2.00. The van der Waals surface area contributed by atoms with Crippen LogP contribution in [0.15, 0.2) is 0 Å². The van der Waals surface area contributed by atoms with E-state index in [4.69, 9.17) is 10.8 Å². The third-order valence-corrected chi connectivity index (χ3v) is 1.91. The SMILES string of the molecule is NC(=S)CCCN(CCO)CC(F)F. The maximum Gasteiger partial charge on any atom is 0.251 e. The predicted octanol–water partition coefficient (Wildman–Crippen LogP) is 0.612. The summed E-state index contributed by atoms with van der Waals surface area (Å²) in [7, 11) is 0. The molecule has 0 aliphatic heterocycles. The van der Waals surface area contributed by atoms with Crippen molar-refractivity contribution in [3.63, 3.8) is 0 Å². The molecule has 0 aromatic carbocycles. The quantitative estimate of drug-likeness (QED) is 0.595. The van der Waals surface area contributed by atoms with Crippen LogP contribution in [0, 0.1) is 0 Å². The molecule has 0 unspecified atom stereocenters. The molecule has 0 aliphatic carbocycles. The zero-order valence-corrected chi connectivity index (χ0v) is 8.77.